The van der Waals surface area contributed by atoms with E-state index >= 15 is 0 Å². The lowest BCUT2D eigenvalue weighted by Crippen LogP contribution is -2.23. The molecule has 2 N–H and O–H groups in total. The average Bonchev–Trinajstić information content (AvgIpc) is 2.71. The van der Waals surface area contributed by atoms with E-state index in [1.54, 1.807) is 6.08 Å². The van der Waals surface area contributed by atoms with E-state index in [1.165, 1.54) is 5.57 Å². The summed E-state index contributed by atoms with van der Waals surface area (Å²) in [6, 6.07) is 0. The number of hydrogen-bond acceptors (Lipinski definition) is 3. The number of carboxylic acid groups (broad SMARTS) is 1. The van der Waals surface area contributed by atoms with Crippen molar-refractivity contribution in [1.29, 1.82) is 0 Å². The van der Waals surface area contributed by atoms with Crippen molar-refractivity contribution in [3.8, 4) is 0 Å². The first-order chi connectivity index (χ1) is 8.56. The van der Waals surface area contributed by atoms with E-state index in [0.29, 0.717) is 12.0 Å². The van der Waals surface area contributed by atoms with Gasteiger partial charge in [0.15, 0.2) is 0 Å². The number of rotatable bonds is 1. The van der Waals surface area contributed by atoms with E-state index in [1.807, 2.05) is 19.9 Å². The Morgan fingerprint density at radius 1 is 1.44 bits per heavy atom. The molecule has 1 aliphatic carbocycles. The van der Waals surface area contributed by atoms with Crippen molar-refractivity contribution in [2.75, 3.05) is 0 Å². The van der Waals surface area contributed by atoms with Gasteiger partial charge < -0.3 is 15.2 Å². The summed E-state index contributed by atoms with van der Waals surface area (Å²) in [6.07, 6.45) is 4.95. The van der Waals surface area contributed by atoms with Crippen LogP contribution in [0.2, 0.25) is 0 Å². The highest BCUT2D eigenvalue weighted by Crippen LogP contribution is 2.41. The second-order valence-corrected chi connectivity index (χ2v) is 4.92. The molecule has 1 fully saturated rings. The zero-order valence-electron chi connectivity index (χ0n) is 10.4. The number of carbonyl (C=O) groups is 1. The summed E-state index contributed by atoms with van der Waals surface area (Å²) in [5.41, 5.74) is 4.63. The molecule has 0 bridgehead atoms. The highest BCUT2D eigenvalue weighted by molar-refractivity contribution is 5.88. The molecule has 18 heavy (non-hydrogen) atoms. The molecule has 0 amide bonds. The number of carboxylic acids is 1. The highest BCUT2D eigenvalue weighted by atomic mass is 16.5. The van der Waals surface area contributed by atoms with Gasteiger partial charge in [-0.1, -0.05) is 0 Å². The van der Waals surface area contributed by atoms with Crippen LogP contribution >= 0.6 is 0 Å². The topological polar surface area (TPSA) is 58.6 Å². The number of ether oxygens (including phenoxy) is 1. The molecule has 0 spiro atoms. The Labute approximate surface area is 105 Å². The molecule has 94 valence electrons. The van der Waals surface area contributed by atoms with Crippen molar-refractivity contribution < 1.29 is 14.6 Å². The number of aliphatic carboxylic acids is 1. The third-order valence-corrected chi connectivity index (χ3v) is 3.55. The fraction of sp³-hybridized carbons (Fsp3) is 0.357. The normalized spacial score (nSPS) is 25.8. The molecule has 2 heterocycles. The minimum atomic E-state index is -0.864. The smallest absolute Gasteiger partial charge is 0.331 e. The third-order valence-electron chi connectivity index (χ3n) is 3.55. The van der Waals surface area contributed by atoms with Crippen molar-refractivity contribution in [2.45, 2.75) is 32.8 Å². The molecule has 3 rings (SSSR count). The Bertz CT molecular complexity index is 564. The zero-order valence-corrected chi connectivity index (χ0v) is 10.4. The lowest BCUT2D eigenvalue weighted by atomic mass is 9.90. The largest absolute Gasteiger partial charge is 0.490 e. The van der Waals surface area contributed by atoms with E-state index in [0.717, 1.165) is 29.1 Å². The number of dihydropyridines is 1. The Kier molecular flexibility index (Phi) is 2.33. The predicted octanol–water partition coefficient (Wildman–Crippen LogP) is 2.23. The molecule has 1 saturated heterocycles. The molecule has 2 aliphatic heterocycles. The lowest BCUT2D eigenvalue weighted by Gasteiger charge is -2.26. The number of fused-ring (bicyclic) bond motifs is 2. The van der Waals surface area contributed by atoms with Crippen molar-refractivity contribution in [2.24, 2.45) is 0 Å². The van der Waals surface area contributed by atoms with Gasteiger partial charge in [-0.25, -0.2) is 4.79 Å². The zero-order chi connectivity index (χ0) is 12.9. The minimum absolute atomic E-state index is 0.165. The van der Waals surface area contributed by atoms with Gasteiger partial charge in [-0.3, -0.25) is 0 Å². The Hall–Kier alpha value is -1.97. The Morgan fingerprint density at radius 3 is 2.94 bits per heavy atom. The molecule has 0 aromatic rings. The molecule has 3 aliphatic rings. The quantitative estimate of drug-likeness (QED) is 0.743. The van der Waals surface area contributed by atoms with Gasteiger partial charge in [0, 0.05) is 41.0 Å². The second-order valence-electron chi connectivity index (χ2n) is 4.92. The van der Waals surface area contributed by atoms with Crippen LogP contribution in [0.15, 0.2) is 46.0 Å². The van der Waals surface area contributed by atoms with Crippen LogP contribution in [0, 0.1) is 0 Å². The van der Waals surface area contributed by atoms with Gasteiger partial charge in [0.05, 0.1) is 0 Å². The fourth-order valence-corrected chi connectivity index (χ4v) is 2.64. The summed E-state index contributed by atoms with van der Waals surface area (Å²) in [7, 11) is 0. The van der Waals surface area contributed by atoms with Gasteiger partial charge in [-0.2, -0.15) is 0 Å². The van der Waals surface area contributed by atoms with Gasteiger partial charge in [0.25, 0.3) is 0 Å². The summed E-state index contributed by atoms with van der Waals surface area (Å²) in [4.78, 5) is 11.1. The summed E-state index contributed by atoms with van der Waals surface area (Å²) in [6.45, 7) is 4.07. The van der Waals surface area contributed by atoms with Crippen molar-refractivity contribution in [3.63, 3.8) is 0 Å². The molecule has 1 atom stereocenters. The maximum absolute atomic E-state index is 11.1. The minimum Gasteiger partial charge on any atom is -0.490 e. The first-order valence-electron chi connectivity index (χ1n) is 6.07. The van der Waals surface area contributed by atoms with E-state index < -0.39 is 5.97 Å². The second kappa shape index (κ2) is 3.77. The first-order valence-corrected chi connectivity index (χ1v) is 6.07. The summed E-state index contributed by atoms with van der Waals surface area (Å²) in [5, 5.41) is 12.4. The fourth-order valence-electron chi connectivity index (χ4n) is 2.64. The molecule has 4 heteroatoms. The molecule has 0 saturated carbocycles. The maximum Gasteiger partial charge on any atom is 0.331 e. The first kappa shape index (κ1) is 11.1. The number of hydrogen-bond donors (Lipinski definition) is 2. The Morgan fingerprint density at radius 2 is 2.22 bits per heavy atom. The molecule has 4 nitrogen and oxygen atoms in total. The molecular formula is C14H15NO3. The van der Waals surface area contributed by atoms with Crippen LogP contribution in [-0.4, -0.2) is 17.2 Å². The molecule has 0 aromatic heterocycles. The van der Waals surface area contributed by atoms with E-state index in [4.69, 9.17) is 9.84 Å². The highest BCUT2D eigenvalue weighted by Gasteiger charge is 2.33. The summed E-state index contributed by atoms with van der Waals surface area (Å²) < 4.78 is 5.85. The van der Waals surface area contributed by atoms with E-state index in [9.17, 15) is 4.79 Å². The number of allylic oxidation sites excluding steroid dienone is 5. The van der Waals surface area contributed by atoms with Gasteiger partial charge in [0.1, 0.15) is 11.9 Å². The Balaban J connectivity index is 2.08. The molecule has 0 aromatic carbocycles. The predicted molar refractivity (Wildman–Crippen MR) is 66.4 cm³/mol. The van der Waals surface area contributed by atoms with E-state index in [-0.39, 0.29) is 6.10 Å². The molecule has 1 unspecified atom stereocenters. The van der Waals surface area contributed by atoms with Crippen LogP contribution < -0.4 is 5.32 Å². The van der Waals surface area contributed by atoms with Gasteiger partial charge in [0.2, 0.25) is 0 Å². The van der Waals surface area contributed by atoms with Crippen molar-refractivity contribution in [1.82, 2.24) is 5.32 Å². The summed E-state index contributed by atoms with van der Waals surface area (Å²) >= 11 is 0. The summed E-state index contributed by atoms with van der Waals surface area (Å²) in [5.74, 6) is 0.0223. The van der Waals surface area contributed by atoms with E-state index in [2.05, 4.69) is 5.32 Å². The lowest BCUT2D eigenvalue weighted by molar-refractivity contribution is -0.132. The maximum atomic E-state index is 11.1. The molecular weight excluding hydrogens is 230 g/mol. The van der Waals surface area contributed by atoms with Gasteiger partial charge in [-0.15, -0.1) is 0 Å². The van der Waals surface area contributed by atoms with Crippen molar-refractivity contribution >= 4 is 5.97 Å². The van der Waals surface area contributed by atoms with Crippen LogP contribution in [0.25, 0.3) is 0 Å². The monoisotopic (exact) mass is 245 g/mol. The van der Waals surface area contributed by atoms with Crippen molar-refractivity contribution in [3.05, 3.63) is 46.0 Å². The van der Waals surface area contributed by atoms with Crippen LogP contribution in [-0.2, 0) is 9.53 Å². The average molecular weight is 245 g/mol. The van der Waals surface area contributed by atoms with Gasteiger partial charge >= 0.3 is 5.97 Å². The molecule has 0 radical (unpaired) electrons. The van der Waals surface area contributed by atoms with Crippen LogP contribution in [0.3, 0.4) is 0 Å². The van der Waals surface area contributed by atoms with Crippen LogP contribution in [0.1, 0.15) is 26.7 Å². The number of nitrogens with one attached hydrogen (secondary N) is 1. The standard InChI is InChI=1S/C14H15NO3/c1-7-5-10-8(2)15-12-4-3-9(14(16)17)6-11(12)13(10)18-7/h3-4,7,15H,5-6H2,1-2H3,(H,16,17). The van der Waals surface area contributed by atoms with Gasteiger partial charge in [-0.05, 0) is 26.0 Å². The third kappa shape index (κ3) is 1.56. The SMILES string of the molecule is CC1=C2CC(C)OC2=C2CC(C(=O)O)=CC=C2N1. The van der Waals surface area contributed by atoms with Crippen LogP contribution in [0.4, 0.5) is 0 Å². The van der Waals surface area contributed by atoms with Crippen LogP contribution in [0.5, 0.6) is 0 Å².